The van der Waals surface area contributed by atoms with Gasteiger partial charge in [0.25, 0.3) is 5.91 Å². The molecule has 0 spiro atoms. The second-order valence-corrected chi connectivity index (χ2v) is 6.94. The molecule has 0 aliphatic heterocycles. The molecule has 2 aromatic carbocycles. The number of aromatic nitrogens is 2. The molecule has 1 aromatic heterocycles. The van der Waals surface area contributed by atoms with E-state index in [1.54, 1.807) is 18.2 Å². The molecule has 0 radical (unpaired) electrons. The topological polar surface area (TPSA) is 76.0 Å². The Morgan fingerprint density at radius 2 is 1.76 bits per heavy atom. The minimum absolute atomic E-state index is 0.146. The van der Waals surface area contributed by atoms with Gasteiger partial charge in [-0.15, -0.1) is 0 Å². The number of amides is 2. The van der Waals surface area contributed by atoms with Crippen LogP contribution in [0.3, 0.4) is 0 Å². The summed E-state index contributed by atoms with van der Waals surface area (Å²) in [5.41, 5.74) is 3.25. The molecular weight excluding hydrogens is 371 g/mol. The Morgan fingerprint density at radius 1 is 1.00 bits per heavy atom. The van der Waals surface area contributed by atoms with Crippen LogP contribution in [-0.4, -0.2) is 28.1 Å². The number of fused-ring (bicyclic) bond motifs is 1. The molecule has 0 fully saturated rings. The van der Waals surface area contributed by atoms with E-state index in [1.165, 1.54) is 10.7 Å². The number of benzene rings is 2. The van der Waals surface area contributed by atoms with E-state index in [2.05, 4.69) is 15.7 Å². The van der Waals surface area contributed by atoms with E-state index in [1.807, 2.05) is 30.3 Å². The molecule has 0 atom stereocenters. The van der Waals surface area contributed by atoms with Crippen LogP contribution in [-0.2, 0) is 24.2 Å². The summed E-state index contributed by atoms with van der Waals surface area (Å²) in [6, 6.07) is 15.9. The summed E-state index contributed by atoms with van der Waals surface area (Å²) in [5.74, 6) is -1.10. The van der Waals surface area contributed by atoms with Crippen LogP contribution < -0.4 is 10.6 Å². The highest BCUT2D eigenvalue weighted by molar-refractivity contribution is 5.96. The normalized spacial score (nSPS) is 12.4. The Morgan fingerprint density at radius 3 is 2.55 bits per heavy atom. The molecule has 0 saturated heterocycles. The summed E-state index contributed by atoms with van der Waals surface area (Å²) >= 11 is 0. The summed E-state index contributed by atoms with van der Waals surface area (Å²) in [5, 5.41) is 9.76. The second-order valence-electron chi connectivity index (χ2n) is 6.94. The summed E-state index contributed by atoms with van der Waals surface area (Å²) < 4.78 is 15.7. The standard InChI is InChI=1S/C22H21FN4O2/c23-17-10-4-5-11-19(17)27-18-12-6-9-16(18)21(26-27)22(29)25-14-20(28)24-13-15-7-2-1-3-8-15/h1-5,7-8,10-11H,6,9,12-14H2,(H,24,28)(H,25,29). The summed E-state index contributed by atoms with van der Waals surface area (Å²) in [6.07, 6.45) is 2.34. The molecule has 148 valence electrons. The van der Waals surface area contributed by atoms with E-state index in [4.69, 9.17) is 0 Å². The zero-order chi connectivity index (χ0) is 20.2. The lowest BCUT2D eigenvalue weighted by Crippen LogP contribution is -2.37. The molecule has 2 N–H and O–H groups in total. The van der Waals surface area contributed by atoms with Crippen molar-refractivity contribution in [3.8, 4) is 5.69 Å². The fourth-order valence-corrected chi connectivity index (χ4v) is 3.55. The molecular formula is C22H21FN4O2. The van der Waals surface area contributed by atoms with Crippen molar-refractivity contribution in [3.05, 3.63) is 82.9 Å². The Balaban J connectivity index is 1.43. The van der Waals surface area contributed by atoms with Crippen molar-refractivity contribution >= 4 is 11.8 Å². The van der Waals surface area contributed by atoms with Gasteiger partial charge in [0.1, 0.15) is 11.5 Å². The Bertz CT molecular complexity index is 1050. The zero-order valence-corrected chi connectivity index (χ0v) is 15.8. The lowest BCUT2D eigenvalue weighted by Gasteiger charge is -2.07. The van der Waals surface area contributed by atoms with E-state index in [0.717, 1.165) is 29.7 Å². The van der Waals surface area contributed by atoms with Gasteiger partial charge in [-0.05, 0) is 37.0 Å². The first-order chi connectivity index (χ1) is 14.1. The van der Waals surface area contributed by atoms with Crippen LogP contribution >= 0.6 is 0 Å². The number of hydrogen-bond donors (Lipinski definition) is 2. The molecule has 1 aliphatic rings. The van der Waals surface area contributed by atoms with Gasteiger partial charge < -0.3 is 10.6 Å². The maximum absolute atomic E-state index is 14.2. The molecule has 1 heterocycles. The van der Waals surface area contributed by atoms with Gasteiger partial charge in [-0.1, -0.05) is 42.5 Å². The van der Waals surface area contributed by atoms with Crippen molar-refractivity contribution < 1.29 is 14.0 Å². The summed E-state index contributed by atoms with van der Waals surface area (Å²) in [6.45, 7) is 0.250. The van der Waals surface area contributed by atoms with E-state index in [0.29, 0.717) is 18.7 Å². The number of halogens is 1. The Hall–Kier alpha value is -3.48. The van der Waals surface area contributed by atoms with Gasteiger partial charge in [-0.25, -0.2) is 9.07 Å². The smallest absolute Gasteiger partial charge is 0.272 e. The number of carbonyl (C=O) groups excluding carboxylic acids is 2. The monoisotopic (exact) mass is 392 g/mol. The minimum atomic E-state index is -0.423. The van der Waals surface area contributed by atoms with Crippen LogP contribution in [0.1, 0.15) is 33.7 Å². The van der Waals surface area contributed by atoms with Gasteiger partial charge in [0.2, 0.25) is 5.91 Å². The largest absolute Gasteiger partial charge is 0.350 e. The fourth-order valence-electron chi connectivity index (χ4n) is 3.55. The number of hydrogen-bond acceptors (Lipinski definition) is 3. The fraction of sp³-hybridized carbons (Fsp3) is 0.227. The zero-order valence-electron chi connectivity index (χ0n) is 15.8. The number of para-hydroxylation sites is 1. The average Bonchev–Trinajstić information content (AvgIpc) is 3.35. The van der Waals surface area contributed by atoms with Crippen LogP contribution in [0.4, 0.5) is 4.39 Å². The molecule has 29 heavy (non-hydrogen) atoms. The van der Waals surface area contributed by atoms with Gasteiger partial charge in [0.15, 0.2) is 5.69 Å². The maximum atomic E-state index is 14.2. The second kappa shape index (κ2) is 8.26. The third-order valence-corrected chi connectivity index (χ3v) is 4.97. The average molecular weight is 392 g/mol. The van der Waals surface area contributed by atoms with E-state index >= 15 is 0 Å². The van der Waals surface area contributed by atoms with Gasteiger partial charge in [-0.2, -0.15) is 5.10 Å². The first kappa shape index (κ1) is 18.9. The van der Waals surface area contributed by atoms with Gasteiger partial charge in [0.05, 0.1) is 6.54 Å². The van der Waals surface area contributed by atoms with Crippen LogP contribution in [0.15, 0.2) is 54.6 Å². The van der Waals surface area contributed by atoms with Crippen molar-refractivity contribution in [1.29, 1.82) is 0 Å². The van der Waals surface area contributed by atoms with Crippen molar-refractivity contribution in [1.82, 2.24) is 20.4 Å². The maximum Gasteiger partial charge on any atom is 0.272 e. The summed E-state index contributed by atoms with van der Waals surface area (Å²) in [4.78, 5) is 24.7. The quantitative estimate of drug-likeness (QED) is 0.677. The molecule has 7 heteroatoms. The lowest BCUT2D eigenvalue weighted by atomic mass is 10.2. The number of carbonyl (C=O) groups is 2. The predicted octanol–water partition coefficient (Wildman–Crippen LogP) is 2.55. The highest BCUT2D eigenvalue weighted by Gasteiger charge is 2.27. The highest BCUT2D eigenvalue weighted by Crippen LogP contribution is 2.28. The van der Waals surface area contributed by atoms with Crippen LogP contribution in [0, 0.1) is 5.82 Å². The predicted molar refractivity (Wildman–Crippen MR) is 106 cm³/mol. The molecule has 0 bridgehead atoms. The van der Waals surface area contributed by atoms with Crippen molar-refractivity contribution in [2.24, 2.45) is 0 Å². The Labute approximate surface area is 167 Å². The molecule has 2 amide bonds. The van der Waals surface area contributed by atoms with E-state index in [9.17, 15) is 14.0 Å². The first-order valence-corrected chi connectivity index (χ1v) is 9.58. The van der Waals surface area contributed by atoms with Gasteiger partial charge in [0, 0.05) is 17.8 Å². The van der Waals surface area contributed by atoms with Gasteiger partial charge >= 0.3 is 0 Å². The van der Waals surface area contributed by atoms with Crippen molar-refractivity contribution in [3.63, 3.8) is 0 Å². The molecule has 0 unspecified atom stereocenters. The first-order valence-electron chi connectivity index (χ1n) is 9.58. The van der Waals surface area contributed by atoms with E-state index < -0.39 is 11.7 Å². The number of rotatable bonds is 6. The third kappa shape index (κ3) is 4.03. The molecule has 1 aliphatic carbocycles. The van der Waals surface area contributed by atoms with Crippen LogP contribution in [0.25, 0.3) is 5.69 Å². The molecule has 0 saturated carbocycles. The molecule has 3 aromatic rings. The molecule has 6 nitrogen and oxygen atoms in total. The lowest BCUT2D eigenvalue weighted by molar-refractivity contribution is -0.120. The van der Waals surface area contributed by atoms with Crippen molar-refractivity contribution in [2.75, 3.05) is 6.54 Å². The van der Waals surface area contributed by atoms with Crippen LogP contribution in [0.5, 0.6) is 0 Å². The van der Waals surface area contributed by atoms with Crippen LogP contribution in [0.2, 0.25) is 0 Å². The highest BCUT2D eigenvalue weighted by atomic mass is 19.1. The van der Waals surface area contributed by atoms with Crippen molar-refractivity contribution in [2.45, 2.75) is 25.8 Å². The Kier molecular flexibility index (Phi) is 5.37. The SMILES string of the molecule is O=C(CNC(=O)c1nn(-c2ccccc2F)c2c1CCC2)NCc1ccccc1. The van der Waals surface area contributed by atoms with Gasteiger partial charge in [-0.3, -0.25) is 9.59 Å². The summed E-state index contributed by atoms with van der Waals surface area (Å²) in [7, 11) is 0. The molecule has 4 rings (SSSR count). The third-order valence-electron chi connectivity index (χ3n) is 4.97. The number of nitrogens with zero attached hydrogens (tertiary/aromatic N) is 2. The minimum Gasteiger partial charge on any atom is -0.350 e. The number of nitrogens with one attached hydrogen (secondary N) is 2. The van der Waals surface area contributed by atoms with E-state index in [-0.39, 0.29) is 18.1 Å².